The van der Waals surface area contributed by atoms with Crippen molar-refractivity contribution in [1.82, 2.24) is 0 Å². The Morgan fingerprint density at radius 3 is 2.09 bits per heavy atom. The van der Waals surface area contributed by atoms with Gasteiger partial charge in [0.05, 0.1) is 10.6 Å². The first-order valence-corrected chi connectivity index (χ1v) is 12.1. The van der Waals surface area contributed by atoms with Crippen molar-refractivity contribution in [2.75, 3.05) is 10.0 Å². The minimum absolute atomic E-state index is 0.158. The van der Waals surface area contributed by atoms with Gasteiger partial charge in [0.15, 0.2) is 0 Å². The molecule has 0 bridgehead atoms. The summed E-state index contributed by atoms with van der Waals surface area (Å²) in [5, 5.41) is 2.83. The van der Waals surface area contributed by atoms with E-state index >= 15 is 0 Å². The van der Waals surface area contributed by atoms with E-state index in [1.165, 1.54) is 6.07 Å². The van der Waals surface area contributed by atoms with Crippen molar-refractivity contribution in [3.8, 4) is 11.5 Å². The van der Waals surface area contributed by atoms with Gasteiger partial charge in [-0.25, -0.2) is 8.42 Å². The highest BCUT2D eigenvalue weighted by atomic mass is 32.2. The Morgan fingerprint density at radius 1 is 0.765 bits per heavy atom. The summed E-state index contributed by atoms with van der Waals surface area (Å²) in [6.07, 6.45) is 0. The third-order valence-electron chi connectivity index (χ3n) is 5.17. The van der Waals surface area contributed by atoms with Gasteiger partial charge >= 0.3 is 0 Å². The van der Waals surface area contributed by atoms with E-state index in [4.69, 9.17) is 4.74 Å². The fourth-order valence-electron chi connectivity index (χ4n) is 3.23. The molecule has 0 aliphatic carbocycles. The van der Waals surface area contributed by atoms with Crippen LogP contribution in [0, 0.1) is 13.8 Å². The molecule has 7 heteroatoms. The van der Waals surface area contributed by atoms with Gasteiger partial charge in [0, 0.05) is 11.3 Å². The van der Waals surface area contributed by atoms with E-state index in [0.717, 1.165) is 11.3 Å². The van der Waals surface area contributed by atoms with Gasteiger partial charge in [0.25, 0.3) is 15.9 Å². The zero-order chi connectivity index (χ0) is 24.1. The maximum atomic E-state index is 12.8. The van der Waals surface area contributed by atoms with Crippen LogP contribution in [0.5, 0.6) is 11.5 Å². The number of benzene rings is 4. The average Bonchev–Trinajstić information content (AvgIpc) is 2.82. The van der Waals surface area contributed by atoms with Gasteiger partial charge in [-0.15, -0.1) is 0 Å². The maximum absolute atomic E-state index is 12.8. The van der Waals surface area contributed by atoms with Crippen LogP contribution in [-0.2, 0) is 10.0 Å². The lowest BCUT2D eigenvalue weighted by atomic mass is 10.1. The Balaban J connectivity index is 1.46. The molecule has 0 heterocycles. The number of ether oxygens (including phenoxy) is 1. The van der Waals surface area contributed by atoms with E-state index < -0.39 is 10.0 Å². The van der Waals surface area contributed by atoms with Crippen molar-refractivity contribution in [3.05, 3.63) is 114 Å². The zero-order valence-electron chi connectivity index (χ0n) is 18.8. The number of sulfonamides is 1. The SMILES string of the molecule is Cc1ccc(S(=O)(=O)Nc2cc(C(=O)Nc3ccc(Oc4ccccc4)cc3)ccc2C)cc1. The van der Waals surface area contributed by atoms with E-state index in [2.05, 4.69) is 10.0 Å². The average molecular weight is 473 g/mol. The highest BCUT2D eigenvalue weighted by Gasteiger charge is 2.17. The first-order valence-electron chi connectivity index (χ1n) is 10.6. The van der Waals surface area contributed by atoms with E-state index in [9.17, 15) is 13.2 Å². The highest BCUT2D eigenvalue weighted by Crippen LogP contribution is 2.24. The van der Waals surface area contributed by atoms with Crippen molar-refractivity contribution in [1.29, 1.82) is 0 Å². The molecular weight excluding hydrogens is 448 g/mol. The standard InChI is InChI=1S/C27H24N2O4S/c1-19-8-16-25(17-9-19)34(31,32)29-26-18-21(11-10-20(26)2)27(30)28-22-12-14-24(15-13-22)33-23-6-4-3-5-7-23/h3-18,29H,1-2H3,(H,28,30). The quantitative estimate of drug-likeness (QED) is 0.338. The van der Waals surface area contributed by atoms with E-state index in [0.29, 0.717) is 28.3 Å². The molecule has 0 spiro atoms. The summed E-state index contributed by atoms with van der Waals surface area (Å²) in [6.45, 7) is 3.67. The lowest BCUT2D eigenvalue weighted by Crippen LogP contribution is -2.16. The fourth-order valence-corrected chi connectivity index (χ4v) is 4.35. The molecule has 0 saturated carbocycles. The minimum atomic E-state index is -3.78. The highest BCUT2D eigenvalue weighted by molar-refractivity contribution is 7.92. The van der Waals surface area contributed by atoms with Crippen LogP contribution >= 0.6 is 0 Å². The molecule has 1 amide bonds. The molecule has 0 aromatic heterocycles. The molecule has 0 atom stereocenters. The molecule has 0 unspecified atom stereocenters. The van der Waals surface area contributed by atoms with Crippen molar-refractivity contribution < 1.29 is 17.9 Å². The molecule has 34 heavy (non-hydrogen) atoms. The molecular formula is C27H24N2O4S. The van der Waals surface area contributed by atoms with Gasteiger partial charge in [-0.3, -0.25) is 9.52 Å². The lowest BCUT2D eigenvalue weighted by Gasteiger charge is -2.13. The summed E-state index contributed by atoms with van der Waals surface area (Å²) >= 11 is 0. The second-order valence-electron chi connectivity index (χ2n) is 7.84. The second-order valence-corrected chi connectivity index (χ2v) is 9.52. The Kier molecular flexibility index (Phi) is 6.65. The summed E-state index contributed by atoms with van der Waals surface area (Å²) in [6, 6.07) is 27.9. The summed E-state index contributed by atoms with van der Waals surface area (Å²) in [5.74, 6) is 1.01. The van der Waals surface area contributed by atoms with E-state index in [1.807, 2.05) is 37.3 Å². The monoisotopic (exact) mass is 472 g/mol. The molecule has 2 N–H and O–H groups in total. The molecule has 172 valence electrons. The molecule has 0 fully saturated rings. The Morgan fingerprint density at radius 2 is 1.41 bits per heavy atom. The molecule has 0 aliphatic rings. The number of carbonyl (C=O) groups is 1. The number of para-hydroxylation sites is 1. The Hall–Kier alpha value is -4.10. The summed E-state index contributed by atoms with van der Waals surface area (Å²) < 4.78 is 33.9. The van der Waals surface area contributed by atoms with Crippen molar-refractivity contribution >= 4 is 27.3 Å². The van der Waals surface area contributed by atoms with Gasteiger partial charge in [-0.1, -0.05) is 42.0 Å². The van der Waals surface area contributed by atoms with Gasteiger partial charge < -0.3 is 10.1 Å². The van der Waals surface area contributed by atoms with Crippen molar-refractivity contribution in [3.63, 3.8) is 0 Å². The molecule has 0 saturated heterocycles. The number of aryl methyl sites for hydroxylation is 2. The van der Waals surface area contributed by atoms with Crippen LogP contribution < -0.4 is 14.8 Å². The summed E-state index contributed by atoms with van der Waals surface area (Å²) in [4.78, 5) is 13.0. The lowest BCUT2D eigenvalue weighted by molar-refractivity contribution is 0.102. The smallest absolute Gasteiger partial charge is 0.261 e. The number of hydrogen-bond donors (Lipinski definition) is 2. The second kappa shape index (κ2) is 9.80. The number of amides is 1. The van der Waals surface area contributed by atoms with Gasteiger partial charge in [0.2, 0.25) is 0 Å². The largest absolute Gasteiger partial charge is 0.457 e. The van der Waals surface area contributed by atoms with Gasteiger partial charge in [-0.05, 0) is 80.1 Å². The van der Waals surface area contributed by atoms with E-state index in [-0.39, 0.29) is 10.8 Å². The van der Waals surface area contributed by atoms with Crippen LogP contribution in [0.15, 0.2) is 102 Å². The van der Waals surface area contributed by atoms with Crippen LogP contribution in [0.3, 0.4) is 0 Å². The summed E-state index contributed by atoms with van der Waals surface area (Å²) in [7, 11) is -3.78. The number of carbonyl (C=O) groups excluding carboxylic acids is 1. The first-order chi connectivity index (χ1) is 16.3. The third-order valence-corrected chi connectivity index (χ3v) is 6.55. The first kappa shape index (κ1) is 23.1. The number of anilines is 2. The predicted octanol–water partition coefficient (Wildman–Crippen LogP) is 6.15. The molecule has 0 radical (unpaired) electrons. The van der Waals surface area contributed by atoms with Crippen LogP contribution in [-0.4, -0.2) is 14.3 Å². The maximum Gasteiger partial charge on any atom is 0.261 e. The minimum Gasteiger partial charge on any atom is -0.457 e. The zero-order valence-corrected chi connectivity index (χ0v) is 19.6. The Labute approximate surface area is 199 Å². The van der Waals surface area contributed by atoms with Crippen LogP contribution in [0.2, 0.25) is 0 Å². The van der Waals surface area contributed by atoms with E-state index in [1.54, 1.807) is 67.6 Å². The normalized spacial score (nSPS) is 11.0. The molecule has 4 aromatic carbocycles. The molecule has 4 aromatic rings. The van der Waals surface area contributed by atoms with Crippen LogP contribution in [0.25, 0.3) is 0 Å². The van der Waals surface area contributed by atoms with Crippen LogP contribution in [0.1, 0.15) is 21.5 Å². The fraction of sp³-hybridized carbons (Fsp3) is 0.0741. The van der Waals surface area contributed by atoms with Crippen molar-refractivity contribution in [2.45, 2.75) is 18.7 Å². The number of rotatable bonds is 7. The van der Waals surface area contributed by atoms with Crippen LogP contribution in [0.4, 0.5) is 11.4 Å². The number of nitrogens with one attached hydrogen (secondary N) is 2. The molecule has 0 aliphatic heterocycles. The predicted molar refractivity (Wildman–Crippen MR) is 134 cm³/mol. The molecule has 4 rings (SSSR count). The van der Waals surface area contributed by atoms with Crippen molar-refractivity contribution in [2.24, 2.45) is 0 Å². The third kappa shape index (κ3) is 5.63. The van der Waals surface area contributed by atoms with Gasteiger partial charge in [-0.2, -0.15) is 0 Å². The summed E-state index contributed by atoms with van der Waals surface area (Å²) in [5.41, 5.74) is 2.94. The van der Waals surface area contributed by atoms with Gasteiger partial charge in [0.1, 0.15) is 11.5 Å². The molecule has 6 nitrogen and oxygen atoms in total. The topological polar surface area (TPSA) is 84.5 Å². The Bertz CT molecular complexity index is 1400. The number of hydrogen-bond acceptors (Lipinski definition) is 4.